The van der Waals surface area contributed by atoms with Gasteiger partial charge in [-0.25, -0.2) is 4.98 Å². The molecule has 76 valence electrons. The van der Waals surface area contributed by atoms with E-state index < -0.39 is 0 Å². The molecule has 1 aromatic rings. The van der Waals surface area contributed by atoms with Crippen LogP contribution in [0.25, 0.3) is 0 Å². The van der Waals surface area contributed by atoms with Gasteiger partial charge in [-0.3, -0.25) is 0 Å². The third-order valence-corrected chi connectivity index (χ3v) is 2.37. The zero-order valence-corrected chi connectivity index (χ0v) is 8.36. The standard InChI is InChI=1S/C10H15N3O/c1-11-9-3-2-4-12-10(9)13-5-7-14-8-6-13/h2-4,11H,5-8H2,1H3. The Labute approximate surface area is 83.9 Å². The maximum atomic E-state index is 5.30. The summed E-state index contributed by atoms with van der Waals surface area (Å²) in [5.74, 6) is 1.03. The third kappa shape index (κ3) is 1.80. The molecule has 0 bridgehead atoms. The van der Waals surface area contributed by atoms with Gasteiger partial charge in [-0.15, -0.1) is 0 Å². The van der Waals surface area contributed by atoms with Crippen LogP contribution in [0.4, 0.5) is 11.5 Å². The molecule has 1 fully saturated rings. The van der Waals surface area contributed by atoms with E-state index in [1.165, 1.54) is 0 Å². The number of hydrogen-bond acceptors (Lipinski definition) is 4. The number of ether oxygens (including phenoxy) is 1. The monoisotopic (exact) mass is 193 g/mol. The van der Waals surface area contributed by atoms with Gasteiger partial charge in [-0.1, -0.05) is 0 Å². The quantitative estimate of drug-likeness (QED) is 0.759. The lowest BCUT2D eigenvalue weighted by atomic mass is 10.3. The lowest BCUT2D eigenvalue weighted by Gasteiger charge is -2.29. The molecule has 4 heteroatoms. The van der Waals surface area contributed by atoms with Gasteiger partial charge in [0, 0.05) is 26.3 Å². The second kappa shape index (κ2) is 4.28. The third-order valence-electron chi connectivity index (χ3n) is 2.37. The molecule has 1 aliphatic heterocycles. The van der Waals surface area contributed by atoms with Crippen molar-refractivity contribution < 1.29 is 4.74 Å². The number of hydrogen-bond donors (Lipinski definition) is 1. The van der Waals surface area contributed by atoms with Gasteiger partial charge in [0.05, 0.1) is 18.9 Å². The Morgan fingerprint density at radius 2 is 2.21 bits per heavy atom. The molecular weight excluding hydrogens is 178 g/mol. The molecule has 0 amide bonds. The minimum Gasteiger partial charge on any atom is -0.385 e. The largest absolute Gasteiger partial charge is 0.385 e. The lowest BCUT2D eigenvalue weighted by Crippen LogP contribution is -2.37. The Morgan fingerprint density at radius 1 is 1.43 bits per heavy atom. The van der Waals surface area contributed by atoms with Gasteiger partial charge >= 0.3 is 0 Å². The van der Waals surface area contributed by atoms with E-state index in [2.05, 4.69) is 15.2 Å². The van der Waals surface area contributed by atoms with E-state index in [0.29, 0.717) is 0 Å². The highest BCUT2D eigenvalue weighted by Gasteiger charge is 2.14. The van der Waals surface area contributed by atoms with E-state index in [0.717, 1.165) is 37.8 Å². The molecule has 2 heterocycles. The van der Waals surface area contributed by atoms with Gasteiger partial charge < -0.3 is 15.0 Å². The molecule has 1 aliphatic rings. The second-order valence-electron chi connectivity index (χ2n) is 3.22. The van der Waals surface area contributed by atoms with E-state index >= 15 is 0 Å². The first kappa shape index (κ1) is 9.27. The van der Waals surface area contributed by atoms with Gasteiger partial charge in [-0.05, 0) is 12.1 Å². The summed E-state index contributed by atoms with van der Waals surface area (Å²) in [6, 6.07) is 3.98. The molecule has 1 saturated heterocycles. The first-order valence-corrected chi connectivity index (χ1v) is 4.87. The van der Waals surface area contributed by atoms with E-state index in [4.69, 9.17) is 4.74 Å². The Bertz CT molecular complexity index is 297. The fourth-order valence-corrected chi connectivity index (χ4v) is 1.62. The minimum absolute atomic E-state index is 0.791. The molecule has 0 aromatic carbocycles. The molecule has 0 atom stereocenters. The summed E-state index contributed by atoms with van der Waals surface area (Å²) in [5, 5.41) is 3.15. The lowest BCUT2D eigenvalue weighted by molar-refractivity contribution is 0.122. The smallest absolute Gasteiger partial charge is 0.152 e. The topological polar surface area (TPSA) is 37.4 Å². The van der Waals surface area contributed by atoms with Crippen LogP contribution in [0.5, 0.6) is 0 Å². The van der Waals surface area contributed by atoms with Crippen molar-refractivity contribution in [1.29, 1.82) is 0 Å². The first-order chi connectivity index (χ1) is 6.92. The van der Waals surface area contributed by atoms with E-state index in [1.807, 2.05) is 25.4 Å². The van der Waals surface area contributed by atoms with E-state index in [-0.39, 0.29) is 0 Å². The van der Waals surface area contributed by atoms with Gasteiger partial charge in [0.2, 0.25) is 0 Å². The maximum absolute atomic E-state index is 5.30. The molecule has 0 radical (unpaired) electrons. The van der Waals surface area contributed by atoms with Crippen molar-refractivity contribution in [3.8, 4) is 0 Å². The van der Waals surface area contributed by atoms with Crippen LogP contribution >= 0.6 is 0 Å². The summed E-state index contributed by atoms with van der Waals surface area (Å²) >= 11 is 0. The van der Waals surface area contributed by atoms with Crippen molar-refractivity contribution in [2.45, 2.75) is 0 Å². The molecule has 14 heavy (non-hydrogen) atoms. The average Bonchev–Trinajstić information content (AvgIpc) is 2.30. The average molecular weight is 193 g/mol. The summed E-state index contributed by atoms with van der Waals surface area (Å²) in [4.78, 5) is 6.63. The number of aromatic nitrogens is 1. The van der Waals surface area contributed by atoms with E-state index in [9.17, 15) is 0 Å². The zero-order valence-electron chi connectivity index (χ0n) is 8.36. The normalized spacial score (nSPS) is 16.8. The number of anilines is 2. The highest BCUT2D eigenvalue weighted by Crippen LogP contribution is 2.22. The van der Waals surface area contributed by atoms with Crippen molar-refractivity contribution in [1.82, 2.24) is 4.98 Å². The fraction of sp³-hybridized carbons (Fsp3) is 0.500. The van der Waals surface area contributed by atoms with Crippen LogP contribution < -0.4 is 10.2 Å². The van der Waals surface area contributed by atoms with Crippen LogP contribution in [-0.4, -0.2) is 38.3 Å². The van der Waals surface area contributed by atoms with Gasteiger partial charge in [0.25, 0.3) is 0 Å². The summed E-state index contributed by atoms with van der Waals surface area (Å²) in [5.41, 5.74) is 1.08. The fourth-order valence-electron chi connectivity index (χ4n) is 1.62. The van der Waals surface area contributed by atoms with Crippen molar-refractivity contribution in [2.24, 2.45) is 0 Å². The van der Waals surface area contributed by atoms with Gasteiger partial charge in [0.15, 0.2) is 5.82 Å². The Balaban J connectivity index is 2.20. The van der Waals surface area contributed by atoms with Gasteiger partial charge in [0.1, 0.15) is 0 Å². The van der Waals surface area contributed by atoms with Crippen molar-refractivity contribution in [3.05, 3.63) is 18.3 Å². The molecule has 0 aliphatic carbocycles. The second-order valence-corrected chi connectivity index (χ2v) is 3.22. The molecule has 0 unspecified atom stereocenters. The van der Waals surface area contributed by atoms with E-state index in [1.54, 1.807) is 0 Å². The minimum atomic E-state index is 0.791. The van der Waals surface area contributed by atoms with Crippen LogP contribution in [0.3, 0.4) is 0 Å². The molecule has 1 aromatic heterocycles. The number of morpholine rings is 1. The zero-order chi connectivity index (χ0) is 9.80. The Kier molecular flexibility index (Phi) is 2.84. The highest BCUT2D eigenvalue weighted by molar-refractivity contribution is 5.65. The molecule has 0 spiro atoms. The summed E-state index contributed by atoms with van der Waals surface area (Å²) in [6.07, 6.45) is 1.83. The molecule has 1 N–H and O–H groups in total. The van der Waals surface area contributed by atoms with Crippen LogP contribution in [0, 0.1) is 0 Å². The predicted octanol–water partition coefficient (Wildman–Crippen LogP) is 0.960. The van der Waals surface area contributed by atoms with Crippen molar-refractivity contribution in [2.75, 3.05) is 43.6 Å². The molecular formula is C10H15N3O. The molecule has 0 saturated carbocycles. The number of nitrogens with zero attached hydrogens (tertiary/aromatic N) is 2. The number of pyridine rings is 1. The van der Waals surface area contributed by atoms with Crippen molar-refractivity contribution in [3.63, 3.8) is 0 Å². The van der Waals surface area contributed by atoms with Crippen LogP contribution in [0.15, 0.2) is 18.3 Å². The summed E-state index contributed by atoms with van der Waals surface area (Å²) in [7, 11) is 1.92. The first-order valence-electron chi connectivity index (χ1n) is 4.87. The molecule has 4 nitrogen and oxygen atoms in total. The van der Waals surface area contributed by atoms with Crippen LogP contribution in [-0.2, 0) is 4.74 Å². The summed E-state index contributed by atoms with van der Waals surface area (Å²) < 4.78 is 5.30. The van der Waals surface area contributed by atoms with Gasteiger partial charge in [-0.2, -0.15) is 0 Å². The number of rotatable bonds is 2. The number of nitrogens with one attached hydrogen (secondary N) is 1. The van der Waals surface area contributed by atoms with Crippen LogP contribution in [0.1, 0.15) is 0 Å². The predicted molar refractivity (Wildman–Crippen MR) is 56.8 cm³/mol. The maximum Gasteiger partial charge on any atom is 0.152 e. The molecule has 2 rings (SSSR count). The van der Waals surface area contributed by atoms with Crippen molar-refractivity contribution >= 4 is 11.5 Å². The Hall–Kier alpha value is -1.29. The highest BCUT2D eigenvalue weighted by atomic mass is 16.5. The SMILES string of the molecule is CNc1cccnc1N1CCOCC1. The van der Waals surface area contributed by atoms with Crippen LogP contribution in [0.2, 0.25) is 0 Å². The Morgan fingerprint density at radius 3 is 2.93 bits per heavy atom. The summed E-state index contributed by atoms with van der Waals surface area (Å²) in [6.45, 7) is 3.43.